The van der Waals surface area contributed by atoms with Crippen molar-refractivity contribution in [1.82, 2.24) is 14.8 Å². The van der Waals surface area contributed by atoms with Crippen LogP contribution in [0.25, 0.3) is 22.5 Å². The maximum absolute atomic E-state index is 12.9. The Morgan fingerprint density at radius 3 is 2.17 bits per heavy atom. The largest absolute Gasteiger partial charge is 0.325 e. The Morgan fingerprint density at radius 1 is 0.867 bits per heavy atom. The molecule has 1 amide bonds. The van der Waals surface area contributed by atoms with E-state index in [1.807, 2.05) is 103 Å². The highest BCUT2D eigenvalue weighted by Crippen LogP contribution is 2.30. The number of nitrogens with zero attached hydrogens (tertiary/aromatic N) is 3. The lowest BCUT2D eigenvalue weighted by Crippen LogP contribution is -2.23. The molecule has 0 bridgehead atoms. The first-order chi connectivity index (χ1) is 14.6. The van der Waals surface area contributed by atoms with E-state index in [0.29, 0.717) is 5.16 Å². The molecule has 6 heteroatoms. The Labute approximate surface area is 180 Å². The van der Waals surface area contributed by atoms with Crippen LogP contribution in [0.15, 0.2) is 90.1 Å². The summed E-state index contributed by atoms with van der Waals surface area (Å²) < 4.78 is 1.92. The summed E-state index contributed by atoms with van der Waals surface area (Å²) in [5.41, 5.74) is 3.85. The van der Waals surface area contributed by atoms with Crippen molar-refractivity contribution >= 4 is 23.4 Å². The zero-order chi connectivity index (χ0) is 20.9. The second-order valence-corrected chi connectivity index (χ2v) is 8.20. The predicted octanol–water partition coefficient (Wildman–Crippen LogP) is 5.27. The average Bonchev–Trinajstić information content (AvgIpc) is 3.15. The Bertz CT molecular complexity index is 1140. The molecular formula is C24H22N4OS. The van der Waals surface area contributed by atoms with Crippen molar-refractivity contribution in [2.24, 2.45) is 7.05 Å². The molecule has 3 aromatic carbocycles. The Hall–Kier alpha value is -3.38. The molecule has 0 saturated carbocycles. The molecule has 0 unspecified atom stereocenters. The molecule has 0 fully saturated rings. The van der Waals surface area contributed by atoms with Gasteiger partial charge >= 0.3 is 0 Å². The van der Waals surface area contributed by atoms with E-state index in [9.17, 15) is 4.79 Å². The van der Waals surface area contributed by atoms with E-state index in [-0.39, 0.29) is 11.2 Å². The fourth-order valence-corrected chi connectivity index (χ4v) is 3.98. The highest BCUT2D eigenvalue weighted by Gasteiger charge is 2.20. The Balaban J connectivity index is 1.49. The van der Waals surface area contributed by atoms with E-state index in [4.69, 9.17) is 0 Å². The molecule has 1 N–H and O–H groups in total. The van der Waals surface area contributed by atoms with Crippen LogP contribution in [0.4, 0.5) is 5.69 Å². The van der Waals surface area contributed by atoms with E-state index >= 15 is 0 Å². The Kier molecular flexibility index (Phi) is 5.95. The van der Waals surface area contributed by atoms with Gasteiger partial charge in [0.1, 0.15) is 0 Å². The number of amides is 1. The molecule has 1 heterocycles. The standard InChI is InChI=1S/C24H22N4OS/c1-17(30-24-27-26-22(28(24)2)19-13-7-4-8-14-19)23(29)25-21-16-10-9-15-20(21)18-11-5-3-6-12-18/h3-17H,1-2H3,(H,25,29)/t17-/m0/s1. The maximum atomic E-state index is 12.9. The summed E-state index contributed by atoms with van der Waals surface area (Å²) in [6.45, 7) is 1.88. The van der Waals surface area contributed by atoms with Crippen LogP contribution in [0.2, 0.25) is 0 Å². The van der Waals surface area contributed by atoms with E-state index < -0.39 is 0 Å². The van der Waals surface area contributed by atoms with Crippen LogP contribution in [-0.4, -0.2) is 25.9 Å². The quantitative estimate of drug-likeness (QED) is 0.437. The van der Waals surface area contributed by atoms with E-state index in [1.165, 1.54) is 11.8 Å². The first kappa shape index (κ1) is 19.9. The highest BCUT2D eigenvalue weighted by molar-refractivity contribution is 8.00. The zero-order valence-corrected chi connectivity index (χ0v) is 17.6. The van der Waals surface area contributed by atoms with Gasteiger partial charge < -0.3 is 9.88 Å². The molecule has 0 aliphatic rings. The molecule has 30 heavy (non-hydrogen) atoms. The van der Waals surface area contributed by atoms with E-state index in [2.05, 4.69) is 15.5 Å². The van der Waals surface area contributed by atoms with Gasteiger partial charge in [-0.1, -0.05) is 90.6 Å². The third kappa shape index (κ3) is 4.28. The summed E-state index contributed by atoms with van der Waals surface area (Å²) in [5, 5.41) is 12.0. The van der Waals surface area contributed by atoms with Gasteiger partial charge in [0.15, 0.2) is 11.0 Å². The normalized spacial score (nSPS) is 11.8. The maximum Gasteiger partial charge on any atom is 0.237 e. The van der Waals surface area contributed by atoms with Crippen LogP contribution in [0, 0.1) is 0 Å². The number of carbonyl (C=O) groups excluding carboxylic acids is 1. The summed E-state index contributed by atoms with van der Waals surface area (Å²) in [6.07, 6.45) is 0. The SMILES string of the molecule is C[C@H](Sc1nnc(-c2ccccc2)n1C)C(=O)Nc1ccccc1-c1ccccc1. The van der Waals surface area contributed by atoms with Gasteiger partial charge in [-0.25, -0.2) is 0 Å². The number of thioether (sulfide) groups is 1. The summed E-state index contributed by atoms with van der Waals surface area (Å²) in [4.78, 5) is 12.9. The number of hydrogen-bond acceptors (Lipinski definition) is 4. The molecule has 0 saturated heterocycles. The van der Waals surface area contributed by atoms with Crippen molar-refractivity contribution in [3.8, 4) is 22.5 Å². The molecule has 1 atom stereocenters. The Morgan fingerprint density at radius 2 is 1.47 bits per heavy atom. The third-order valence-corrected chi connectivity index (χ3v) is 5.92. The molecule has 4 rings (SSSR count). The third-order valence-electron chi connectivity index (χ3n) is 4.79. The molecule has 5 nitrogen and oxygen atoms in total. The van der Waals surface area contributed by atoms with Gasteiger partial charge in [0, 0.05) is 23.9 Å². The fraction of sp³-hybridized carbons (Fsp3) is 0.125. The van der Waals surface area contributed by atoms with Gasteiger partial charge in [-0.3, -0.25) is 4.79 Å². The van der Waals surface area contributed by atoms with E-state index in [1.54, 1.807) is 0 Å². The lowest BCUT2D eigenvalue weighted by Gasteiger charge is -2.15. The number of aromatic nitrogens is 3. The first-order valence-corrected chi connectivity index (χ1v) is 10.6. The van der Waals surface area contributed by atoms with Gasteiger partial charge in [0.05, 0.1) is 5.25 Å². The van der Waals surface area contributed by atoms with Crippen LogP contribution >= 0.6 is 11.8 Å². The van der Waals surface area contributed by atoms with Crippen molar-refractivity contribution in [2.75, 3.05) is 5.32 Å². The summed E-state index contributed by atoms with van der Waals surface area (Å²) in [7, 11) is 1.92. The summed E-state index contributed by atoms with van der Waals surface area (Å²) in [5.74, 6) is 0.702. The van der Waals surface area contributed by atoms with Crippen LogP contribution < -0.4 is 5.32 Å². The van der Waals surface area contributed by atoms with Crippen molar-refractivity contribution in [3.05, 3.63) is 84.9 Å². The number of hydrogen-bond donors (Lipinski definition) is 1. The molecule has 0 radical (unpaired) electrons. The molecule has 4 aromatic rings. The molecule has 150 valence electrons. The zero-order valence-electron chi connectivity index (χ0n) is 16.8. The van der Waals surface area contributed by atoms with Crippen LogP contribution in [0.3, 0.4) is 0 Å². The molecular weight excluding hydrogens is 392 g/mol. The van der Waals surface area contributed by atoms with Crippen molar-refractivity contribution in [3.63, 3.8) is 0 Å². The molecule has 0 aliphatic heterocycles. The van der Waals surface area contributed by atoms with Crippen LogP contribution in [0.1, 0.15) is 6.92 Å². The minimum absolute atomic E-state index is 0.0763. The van der Waals surface area contributed by atoms with Crippen LogP contribution in [0.5, 0.6) is 0 Å². The lowest BCUT2D eigenvalue weighted by atomic mass is 10.0. The number of anilines is 1. The molecule has 1 aromatic heterocycles. The van der Waals surface area contributed by atoms with Gasteiger partial charge in [-0.2, -0.15) is 0 Å². The topological polar surface area (TPSA) is 59.8 Å². The predicted molar refractivity (Wildman–Crippen MR) is 122 cm³/mol. The van der Waals surface area contributed by atoms with Crippen molar-refractivity contribution < 1.29 is 4.79 Å². The minimum atomic E-state index is -0.333. The monoisotopic (exact) mass is 414 g/mol. The van der Waals surface area contributed by atoms with Crippen molar-refractivity contribution in [2.45, 2.75) is 17.3 Å². The van der Waals surface area contributed by atoms with Gasteiger partial charge in [0.2, 0.25) is 5.91 Å². The van der Waals surface area contributed by atoms with Crippen LogP contribution in [-0.2, 0) is 11.8 Å². The number of carbonyl (C=O) groups is 1. The fourth-order valence-electron chi connectivity index (χ4n) is 3.16. The average molecular weight is 415 g/mol. The lowest BCUT2D eigenvalue weighted by molar-refractivity contribution is -0.115. The second-order valence-electron chi connectivity index (χ2n) is 6.89. The second kappa shape index (κ2) is 8.97. The number of benzene rings is 3. The molecule has 0 spiro atoms. The van der Waals surface area contributed by atoms with Crippen molar-refractivity contribution in [1.29, 1.82) is 0 Å². The number of para-hydroxylation sites is 1. The minimum Gasteiger partial charge on any atom is -0.325 e. The highest BCUT2D eigenvalue weighted by atomic mass is 32.2. The number of nitrogens with one attached hydrogen (secondary N) is 1. The van der Waals surface area contributed by atoms with Gasteiger partial charge in [-0.05, 0) is 18.6 Å². The summed E-state index contributed by atoms with van der Waals surface area (Å²) in [6, 6.07) is 27.8. The molecule has 0 aliphatic carbocycles. The van der Waals surface area contributed by atoms with Gasteiger partial charge in [-0.15, -0.1) is 10.2 Å². The van der Waals surface area contributed by atoms with Gasteiger partial charge in [0.25, 0.3) is 0 Å². The smallest absolute Gasteiger partial charge is 0.237 e. The summed E-state index contributed by atoms with van der Waals surface area (Å²) >= 11 is 1.39. The number of rotatable bonds is 6. The van der Waals surface area contributed by atoms with E-state index in [0.717, 1.165) is 28.2 Å². The first-order valence-electron chi connectivity index (χ1n) is 9.70.